The third kappa shape index (κ3) is 6.11. The number of benzene rings is 2. The molecule has 0 atom stereocenters. The minimum atomic E-state index is -0.415. The summed E-state index contributed by atoms with van der Waals surface area (Å²) in [6, 6.07) is 14.5. The predicted octanol–water partition coefficient (Wildman–Crippen LogP) is 2.44. The van der Waals surface area contributed by atoms with Crippen molar-refractivity contribution in [1.82, 2.24) is 24.8 Å². The number of aliphatic hydroxyl groups excluding tert-OH is 1. The van der Waals surface area contributed by atoms with Crippen LogP contribution >= 0.6 is 0 Å². The second-order valence-corrected chi connectivity index (χ2v) is 8.28. The summed E-state index contributed by atoms with van der Waals surface area (Å²) in [7, 11) is 3.97. The molecule has 35 heavy (non-hydrogen) atoms. The molecule has 0 unspecified atom stereocenters. The van der Waals surface area contributed by atoms with E-state index >= 15 is 0 Å². The van der Waals surface area contributed by atoms with Gasteiger partial charge in [-0.3, -0.25) is 4.79 Å². The number of rotatable bonds is 10. The molecule has 10 nitrogen and oxygen atoms in total. The van der Waals surface area contributed by atoms with Gasteiger partial charge in [-0.05, 0) is 43.9 Å². The number of carbonyl (C=O) groups is 1. The highest BCUT2D eigenvalue weighted by molar-refractivity contribution is 5.93. The van der Waals surface area contributed by atoms with Gasteiger partial charge in [0.15, 0.2) is 5.58 Å². The van der Waals surface area contributed by atoms with Crippen molar-refractivity contribution in [3.8, 4) is 17.0 Å². The average molecular weight is 477 g/mol. The minimum Gasteiger partial charge on any atom is -0.492 e. The molecule has 182 valence electrons. The lowest BCUT2D eigenvalue weighted by molar-refractivity contribution is 0.0670. The van der Waals surface area contributed by atoms with E-state index in [1.54, 1.807) is 18.2 Å². The molecular formula is C25H28N6O4. The van der Waals surface area contributed by atoms with Crippen molar-refractivity contribution in [2.45, 2.75) is 6.54 Å². The minimum absolute atomic E-state index is 0.0498. The van der Waals surface area contributed by atoms with Gasteiger partial charge in [0.05, 0.1) is 12.3 Å². The van der Waals surface area contributed by atoms with Crippen molar-refractivity contribution in [1.29, 1.82) is 0 Å². The number of oxazole rings is 1. The number of hydrogen-bond acceptors (Lipinski definition) is 9. The topological polar surface area (TPSA) is 131 Å². The molecular weight excluding hydrogens is 448 g/mol. The van der Waals surface area contributed by atoms with E-state index in [-0.39, 0.29) is 25.6 Å². The Balaban J connectivity index is 1.52. The summed E-state index contributed by atoms with van der Waals surface area (Å²) in [6.07, 6.45) is 1.39. The SMILES string of the molecule is CN(C)CCOc1cccc(CN(CCO)C(=O)c2nc3ccc(-c4cc(N)ncn4)cc3o2)c1. The number of anilines is 1. The monoisotopic (exact) mass is 476 g/mol. The molecule has 2 heterocycles. The largest absolute Gasteiger partial charge is 0.492 e. The molecule has 4 rings (SSSR count). The molecule has 10 heteroatoms. The lowest BCUT2D eigenvalue weighted by Crippen LogP contribution is -2.33. The zero-order valence-electron chi connectivity index (χ0n) is 19.7. The first-order chi connectivity index (χ1) is 16.9. The number of carbonyl (C=O) groups excluding carboxylic acids is 1. The van der Waals surface area contributed by atoms with E-state index in [2.05, 4.69) is 15.0 Å². The fourth-order valence-electron chi connectivity index (χ4n) is 3.51. The quantitative estimate of drug-likeness (QED) is 0.354. The van der Waals surface area contributed by atoms with Crippen LogP contribution in [-0.4, -0.2) is 76.2 Å². The zero-order valence-corrected chi connectivity index (χ0v) is 19.7. The summed E-state index contributed by atoms with van der Waals surface area (Å²) in [4.78, 5) is 29.2. The van der Waals surface area contributed by atoms with Crippen LogP contribution in [0.15, 0.2) is 59.3 Å². The van der Waals surface area contributed by atoms with Crippen molar-refractivity contribution < 1.29 is 19.1 Å². The molecule has 0 fully saturated rings. The van der Waals surface area contributed by atoms with E-state index in [1.807, 2.05) is 49.3 Å². The van der Waals surface area contributed by atoms with Crippen LogP contribution in [0.5, 0.6) is 5.75 Å². The fourth-order valence-corrected chi connectivity index (χ4v) is 3.51. The molecule has 4 aromatic rings. The van der Waals surface area contributed by atoms with Crippen LogP contribution in [0, 0.1) is 0 Å². The van der Waals surface area contributed by atoms with Crippen molar-refractivity contribution in [3.63, 3.8) is 0 Å². The predicted molar refractivity (Wildman–Crippen MR) is 132 cm³/mol. The van der Waals surface area contributed by atoms with Crippen LogP contribution in [0.25, 0.3) is 22.4 Å². The third-order valence-electron chi connectivity index (χ3n) is 5.29. The van der Waals surface area contributed by atoms with Crippen LogP contribution in [0.2, 0.25) is 0 Å². The standard InChI is InChI=1S/C25H28N6O4/c1-30(2)9-11-34-19-5-3-4-17(12-19)15-31(8-10-32)25(33)24-29-20-7-6-18(13-22(20)35-24)21-14-23(26)28-16-27-21/h3-7,12-14,16,32H,8-11,15H2,1-2H3,(H2,26,27,28). The van der Waals surface area contributed by atoms with E-state index in [4.69, 9.17) is 14.9 Å². The Morgan fingerprint density at radius 3 is 2.74 bits per heavy atom. The number of hydrogen-bond donors (Lipinski definition) is 2. The number of likely N-dealkylation sites (N-methyl/N-ethyl adjacent to an activating group) is 1. The van der Waals surface area contributed by atoms with E-state index < -0.39 is 5.91 Å². The van der Waals surface area contributed by atoms with Gasteiger partial charge in [-0.25, -0.2) is 15.0 Å². The summed E-state index contributed by atoms with van der Waals surface area (Å²) in [5.74, 6) is 0.615. The Bertz CT molecular complexity index is 1310. The molecule has 0 aliphatic carbocycles. The number of aliphatic hydroxyl groups is 1. The molecule has 3 N–H and O–H groups in total. The van der Waals surface area contributed by atoms with Crippen LogP contribution in [0.1, 0.15) is 16.2 Å². The van der Waals surface area contributed by atoms with Gasteiger partial charge in [0.1, 0.15) is 30.0 Å². The van der Waals surface area contributed by atoms with Gasteiger partial charge in [0.2, 0.25) is 0 Å². The van der Waals surface area contributed by atoms with Gasteiger partial charge >= 0.3 is 5.91 Å². The highest BCUT2D eigenvalue weighted by atomic mass is 16.5. The van der Waals surface area contributed by atoms with Crippen molar-refractivity contribution in [3.05, 3.63) is 66.3 Å². The summed E-state index contributed by atoms with van der Waals surface area (Å²) in [6.45, 7) is 1.57. The van der Waals surface area contributed by atoms with Gasteiger partial charge in [-0.1, -0.05) is 18.2 Å². The number of nitrogens with two attached hydrogens (primary N) is 1. The summed E-state index contributed by atoms with van der Waals surface area (Å²) in [5.41, 5.74) is 9.01. The molecule has 0 saturated carbocycles. The number of ether oxygens (including phenoxy) is 1. The smallest absolute Gasteiger partial charge is 0.310 e. The van der Waals surface area contributed by atoms with E-state index in [0.717, 1.165) is 23.4 Å². The number of nitrogens with zero attached hydrogens (tertiary/aromatic N) is 5. The molecule has 0 radical (unpaired) electrons. The van der Waals surface area contributed by atoms with Crippen LogP contribution in [0.4, 0.5) is 5.82 Å². The van der Waals surface area contributed by atoms with Crippen LogP contribution < -0.4 is 10.5 Å². The average Bonchev–Trinajstić information content (AvgIpc) is 3.27. The lowest BCUT2D eigenvalue weighted by atomic mass is 10.1. The molecule has 1 amide bonds. The molecule has 0 bridgehead atoms. The van der Waals surface area contributed by atoms with Crippen molar-refractivity contribution in [2.24, 2.45) is 0 Å². The van der Waals surface area contributed by atoms with E-state index in [0.29, 0.717) is 29.2 Å². The van der Waals surface area contributed by atoms with Crippen molar-refractivity contribution >= 4 is 22.8 Å². The second-order valence-electron chi connectivity index (χ2n) is 8.28. The first-order valence-electron chi connectivity index (χ1n) is 11.2. The van der Waals surface area contributed by atoms with Crippen LogP contribution in [0.3, 0.4) is 0 Å². The Morgan fingerprint density at radius 2 is 1.97 bits per heavy atom. The van der Waals surface area contributed by atoms with Gasteiger partial charge in [0, 0.05) is 31.3 Å². The molecule has 2 aromatic carbocycles. The maximum absolute atomic E-state index is 13.2. The Kier molecular flexibility index (Phi) is 7.54. The number of nitrogen functional groups attached to an aromatic ring is 1. The first-order valence-corrected chi connectivity index (χ1v) is 11.2. The number of fused-ring (bicyclic) bond motifs is 1. The fraction of sp³-hybridized carbons (Fsp3) is 0.280. The third-order valence-corrected chi connectivity index (χ3v) is 5.29. The first kappa shape index (κ1) is 24.1. The highest BCUT2D eigenvalue weighted by Gasteiger charge is 2.22. The van der Waals surface area contributed by atoms with Crippen LogP contribution in [-0.2, 0) is 6.54 Å². The summed E-state index contributed by atoms with van der Waals surface area (Å²) >= 11 is 0. The highest BCUT2D eigenvalue weighted by Crippen LogP contribution is 2.25. The van der Waals surface area contributed by atoms with E-state index in [1.165, 1.54) is 11.2 Å². The molecule has 0 aliphatic rings. The zero-order chi connectivity index (χ0) is 24.8. The maximum atomic E-state index is 13.2. The molecule has 0 spiro atoms. The van der Waals surface area contributed by atoms with Crippen molar-refractivity contribution in [2.75, 3.05) is 46.1 Å². The van der Waals surface area contributed by atoms with Gasteiger partial charge in [-0.15, -0.1) is 0 Å². The number of amides is 1. The Hall–Kier alpha value is -4.02. The Labute approximate surface area is 203 Å². The van der Waals surface area contributed by atoms with Gasteiger partial charge in [0.25, 0.3) is 5.89 Å². The maximum Gasteiger partial charge on any atom is 0.310 e. The molecule has 0 saturated heterocycles. The summed E-state index contributed by atoms with van der Waals surface area (Å²) in [5, 5.41) is 9.56. The molecule has 0 aliphatic heterocycles. The number of aromatic nitrogens is 3. The lowest BCUT2D eigenvalue weighted by Gasteiger charge is -2.20. The Morgan fingerprint density at radius 1 is 1.11 bits per heavy atom. The van der Waals surface area contributed by atoms with E-state index in [9.17, 15) is 9.90 Å². The van der Waals surface area contributed by atoms with Gasteiger partial charge in [-0.2, -0.15) is 0 Å². The van der Waals surface area contributed by atoms with Gasteiger partial charge < -0.3 is 29.8 Å². The second kappa shape index (κ2) is 10.9. The molecule has 2 aromatic heterocycles. The summed E-state index contributed by atoms with van der Waals surface area (Å²) < 4.78 is 11.6. The normalized spacial score (nSPS) is 11.2.